The Hall–Kier alpha value is -2.33. The fourth-order valence-electron chi connectivity index (χ4n) is 4.30. The molecule has 1 aromatic heterocycles. The van der Waals surface area contributed by atoms with Crippen molar-refractivity contribution in [3.8, 4) is 0 Å². The molecule has 2 heterocycles. The van der Waals surface area contributed by atoms with Gasteiger partial charge in [0.2, 0.25) is 6.23 Å². The number of nitrogens with zero attached hydrogens (tertiary/aromatic N) is 2. The molecule has 0 amide bonds. The Morgan fingerprint density at radius 3 is 2.32 bits per heavy atom. The lowest BCUT2D eigenvalue weighted by Crippen LogP contribution is -2.42. The normalized spacial score (nSPS) is 21.0. The first-order chi connectivity index (χ1) is 17.8. The van der Waals surface area contributed by atoms with Crippen molar-refractivity contribution in [1.29, 1.82) is 0 Å². The van der Waals surface area contributed by atoms with E-state index in [1.807, 2.05) is 0 Å². The Balaban J connectivity index is 1.54. The summed E-state index contributed by atoms with van der Waals surface area (Å²) in [6, 6.07) is 1.18. The molecule has 1 aliphatic rings. The Bertz CT molecular complexity index is 893. The third-order valence-corrected chi connectivity index (χ3v) is 6.53. The highest BCUT2D eigenvalue weighted by Gasteiger charge is 2.60. The van der Waals surface area contributed by atoms with Crippen molar-refractivity contribution in [2.24, 2.45) is 0 Å². The van der Waals surface area contributed by atoms with Crippen LogP contribution in [0.2, 0.25) is 0 Å². The lowest BCUT2D eigenvalue weighted by atomic mass is 10.1. The number of rotatable bonds is 18. The van der Waals surface area contributed by atoms with Crippen molar-refractivity contribution in [3.05, 3.63) is 34.9 Å². The van der Waals surface area contributed by atoms with E-state index >= 15 is 0 Å². The molecule has 0 radical (unpaired) electrons. The highest BCUT2D eigenvalue weighted by Crippen LogP contribution is 2.42. The summed E-state index contributed by atoms with van der Waals surface area (Å²) in [6.07, 6.45) is 14.8. The van der Waals surface area contributed by atoms with Gasteiger partial charge in [-0.2, -0.15) is 13.8 Å². The number of aromatic nitrogens is 2. The molecular formula is C27H43F2N3O5. The second kappa shape index (κ2) is 16.5. The van der Waals surface area contributed by atoms with Gasteiger partial charge in [-0.1, -0.05) is 70.4 Å². The van der Waals surface area contributed by atoms with Crippen molar-refractivity contribution >= 4 is 11.8 Å². The van der Waals surface area contributed by atoms with E-state index in [1.54, 1.807) is 0 Å². The molecule has 3 N–H and O–H groups in total. The van der Waals surface area contributed by atoms with Crippen molar-refractivity contribution in [2.75, 3.05) is 12.3 Å². The van der Waals surface area contributed by atoms with Gasteiger partial charge >= 0.3 is 17.6 Å². The van der Waals surface area contributed by atoms with Crippen LogP contribution in [0.3, 0.4) is 0 Å². The molecule has 0 spiro atoms. The Labute approximate surface area is 218 Å². The van der Waals surface area contributed by atoms with Gasteiger partial charge in [0.05, 0.1) is 0 Å². The molecular weight excluding hydrogens is 484 g/mol. The molecule has 0 aromatic carbocycles. The number of alkyl halides is 2. The van der Waals surface area contributed by atoms with Crippen LogP contribution in [0.25, 0.3) is 0 Å². The van der Waals surface area contributed by atoms with E-state index in [-0.39, 0.29) is 12.2 Å². The predicted octanol–water partition coefficient (Wildman–Crippen LogP) is 5.30. The zero-order valence-corrected chi connectivity index (χ0v) is 22.0. The van der Waals surface area contributed by atoms with Gasteiger partial charge in [0.1, 0.15) is 18.5 Å². The van der Waals surface area contributed by atoms with Crippen molar-refractivity contribution < 1.29 is 28.2 Å². The number of halogens is 2. The van der Waals surface area contributed by atoms with Crippen molar-refractivity contribution in [2.45, 2.75) is 121 Å². The quantitative estimate of drug-likeness (QED) is 0.151. The van der Waals surface area contributed by atoms with Crippen LogP contribution in [-0.4, -0.2) is 45.4 Å². The number of ether oxygens (including phenoxy) is 2. The van der Waals surface area contributed by atoms with Crippen LogP contribution < -0.4 is 11.4 Å². The average Bonchev–Trinajstić information content (AvgIpc) is 3.08. The van der Waals surface area contributed by atoms with E-state index in [4.69, 9.17) is 15.2 Å². The van der Waals surface area contributed by atoms with Crippen molar-refractivity contribution in [1.82, 2.24) is 9.55 Å². The van der Waals surface area contributed by atoms with Gasteiger partial charge in [-0.15, -0.1) is 0 Å². The number of aliphatic hydroxyl groups is 1. The van der Waals surface area contributed by atoms with E-state index in [2.05, 4.69) is 24.1 Å². The Morgan fingerprint density at radius 2 is 1.70 bits per heavy atom. The second-order valence-corrected chi connectivity index (χ2v) is 9.71. The fraction of sp³-hybridized carbons (Fsp3) is 0.741. The number of aliphatic hydroxyl groups excluding tert-OH is 1. The molecule has 210 valence electrons. The van der Waals surface area contributed by atoms with Crippen LogP contribution >= 0.6 is 0 Å². The fourth-order valence-corrected chi connectivity index (χ4v) is 4.30. The van der Waals surface area contributed by atoms with Gasteiger partial charge in [-0.05, 0) is 38.2 Å². The van der Waals surface area contributed by atoms with E-state index in [0.29, 0.717) is 11.0 Å². The van der Waals surface area contributed by atoms with Crippen LogP contribution in [0.1, 0.15) is 103 Å². The minimum Gasteiger partial charge on any atom is -0.463 e. The van der Waals surface area contributed by atoms with Crippen LogP contribution in [0.5, 0.6) is 0 Å². The number of hydrogen-bond donors (Lipinski definition) is 2. The zero-order valence-electron chi connectivity index (χ0n) is 22.0. The number of carbonyl (C=O) groups excluding carboxylic acids is 1. The first-order valence-corrected chi connectivity index (χ1v) is 13.6. The summed E-state index contributed by atoms with van der Waals surface area (Å²) in [7, 11) is 0. The van der Waals surface area contributed by atoms with Gasteiger partial charge in [0.15, 0.2) is 6.10 Å². The predicted molar refractivity (Wildman–Crippen MR) is 138 cm³/mol. The number of anilines is 1. The molecule has 0 bridgehead atoms. The van der Waals surface area contributed by atoms with E-state index in [1.165, 1.54) is 44.6 Å². The summed E-state index contributed by atoms with van der Waals surface area (Å²) in [6.45, 7) is 1.70. The maximum atomic E-state index is 14.5. The molecule has 2 rings (SSSR count). The molecule has 3 atom stereocenters. The van der Waals surface area contributed by atoms with Crippen LogP contribution in [0.4, 0.5) is 14.6 Å². The molecule has 1 aliphatic heterocycles. The van der Waals surface area contributed by atoms with Crippen LogP contribution in [0.15, 0.2) is 29.2 Å². The van der Waals surface area contributed by atoms with Gasteiger partial charge in [-0.3, -0.25) is 9.36 Å². The summed E-state index contributed by atoms with van der Waals surface area (Å²) in [5.74, 6) is -4.43. The monoisotopic (exact) mass is 527 g/mol. The molecule has 1 fully saturated rings. The number of nitrogen functional groups attached to an aromatic ring is 1. The maximum absolute atomic E-state index is 14.5. The number of carbonyl (C=O) groups is 1. The summed E-state index contributed by atoms with van der Waals surface area (Å²) in [4.78, 5) is 27.3. The van der Waals surface area contributed by atoms with E-state index < -0.39 is 42.6 Å². The first kappa shape index (κ1) is 30.9. The van der Waals surface area contributed by atoms with Gasteiger partial charge in [0, 0.05) is 12.6 Å². The third kappa shape index (κ3) is 10.5. The summed E-state index contributed by atoms with van der Waals surface area (Å²) in [5, 5.41) is 9.99. The van der Waals surface area contributed by atoms with Crippen LogP contribution in [-0.2, 0) is 14.3 Å². The number of unbranched alkanes of at least 4 members (excludes halogenated alkanes) is 11. The highest BCUT2D eigenvalue weighted by molar-refractivity contribution is 5.69. The van der Waals surface area contributed by atoms with Gasteiger partial charge < -0.3 is 20.3 Å². The van der Waals surface area contributed by atoms with E-state index in [9.17, 15) is 23.5 Å². The summed E-state index contributed by atoms with van der Waals surface area (Å²) < 4.78 is 39.8. The molecule has 0 saturated carbocycles. The smallest absolute Gasteiger partial charge is 0.351 e. The number of nitrogens with two attached hydrogens (primary N) is 1. The maximum Gasteiger partial charge on any atom is 0.351 e. The first-order valence-electron chi connectivity index (χ1n) is 13.6. The summed E-state index contributed by atoms with van der Waals surface area (Å²) >= 11 is 0. The standard InChI is InChI=1S/C27H43F2N3O5/c1-2-3-4-5-6-7-8-9-10-11-12-13-14-15-16-17-23(33)36-20-21-24(34)27(28,29)25(37-21)32-19-18-22(30)31-26(32)35/h9-10,18-19,21,24-25,34H,2-8,11-17,20H2,1H3,(H2,30,31,35)/b10-9+/t21-,24-,25-/m1/s1. The summed E-state index contributed by atoms with van der Waals surface area (Å²) in [5.41, 5.74) is 4.35. The number of esters is 1. The van der Waals surface area contributed by atoms with Gasteiger partial charge in [-0.25, -0.2) is 4.79 Å². The lowest BCUT2D eigenvalue weighted by molar-refractivity contribution is -0.150. The Morgan fingerprint density at radius 1 is 1.11 bits per heavy atom. The molecule has 0 unspecified atom stereocenters. The SMILES string of the molecule is CCCCCCCC/C=C/CCCCCCCC(=O)OC[C@H]1O[C@@H](n2ccc(N)nc2=O)C(F)(F)[C@@H]1O. The molecule has 37 heavy (non-hydrogen) atoms. The second-order valence-electron chi connectivity index (χ2n) is 9.71. The Kier molecular flexibility index (Phi) is 13.8. The number of allylic oxidation sites excluding steroid dienone is 2. The van der Waals surface area contributed by atoms with Gasteiger partial charge in [0.25, 0.3) is 0 Å². The molecule has 0 aliphatic carbocycles. The highest BCUT2D eigenvalue weighted by atomic mass is 19.3. The molecule has 8 nitrogen and oxygen atoms in total. The minimum absolute atomic E-state index is 0.121. The average molecular weight is 528 g/mol. The lowest BCUT2D eigenvalue weighted by Gasteiger charge is -2.20. The zero-order chi connectivity index (χ0) is 27.1. The van der Waals surface area contributed by atoms with Crippen molar-refractivity contribution in [3.63, 3.8) is 0 Å². The minimum atomic E-state index is -3.78. The third-order valence-electron chi connectivity index (χ3n) is 6.53. The largest absolute Gasteiger partial charge is 0.463 e. The molecule has 10 heteroatoms. The molecule has 1 aromatic rings. The number of hydrogen-bond acceptors (Lipinski definition) is 7. The van der Waals surface area contributed by atoms with Crippen LogP contribution in [0, 0.1) is 0 Å². The van der Waals surface area contributed by atoms with E-state index in [0.717, 1.165) is 44.7 Å². The topological polar surface area (TPSA) is 117 Å². The molecule has 1 saturated heterocycles.